The molecule has 2 N–H and O–H groups in total. The number of ether oxygens (including phenoxy) is 1. The molecule has 7 nitrogen and oxygen atoms in total. The zero-order valence-electron chi connectivity index (χ0n) is 17.2. The van der Waals surface area contributed by atoms with Crippen molar-refractivity contribution in [2.45, 2.75) is 33.4 Å². The third-order valence-corrected chi connectivity index (χ3v) is 5.00. The third kappa shape index (κ3) is 4.46. The van der Waals surface area contributed by atoms with Crippen molar-refractivity contribution in [1.29, 1.82) is 0 Å². The number of anilines is 1. The molecule has 0 saturated heterocycles. The number of aryl methyl sites for hydroxylation is 1. The quantitative estimate of drug-likeness (QED) is 0.670. The number of carbonyl (C=O) groups is 1. The summed E-state index contributed by atoms with van der Waals surface area (Å²) in [5, 5.41) is 6.30. The smallest absolute Gasteiger partial charge is 0.319 e. The number of para-hydroxylation sites is 1. The zero-order valence-corrected chi connectivity index (χ0v) is 17.2. The van der Waals surface area contributed by atoms with Crippen LogP contribution in [0.1, 0.15) is 29.9 Å². The van der Waals surface area contributed by atoms with Crippen LogP contribution < -0.4 is 16.2 Å². The van der Waals surface area contributed by atoms with Gasteiger partial charge in [-0.25, -0.2) is 9.78 Å². The van der Waals surface area contributed by atoms with Crippen molar-refractivity contribution in [2.24, 2.45) is 0 Å². The monoisotopic (exact) mass is 394 g/mol. The number of benzene rings is 2. The molecule has 0 bridgehead atoms. The van der Waals surface area contributed by atoms with Gasteiger partial charge in [0.05, 0.1) is 30.1 Å². The highest BCUT2D eigenvalue weighted by atomic mass is 16.5. The Morgan fingerprint density at radius 3 is 2.69 bits per heavy atom. The summed E-state index contributed by atoms with van der Waals surface area (Å²) in [4.78, 5) is 30.2. The fourth-order valence-electron chi connectivity index (χ4n) is 3.22. The predicted octanol–water partition coefficient (Wildman–Crippen LogP) is 3.54. The standard InChI is InChI=1S/C22H26N4O3/c1-14-8-7-11-18(15(14)2)25-22(28)23-16(3)20-24-19-10-6-5-9-17(19)21(27)26(20)12-13-29-4/h5-11,16H,12-13H2,1-4H3,(H2,23,25,28)/t16-/m1/s1. The van der Waals surface area contributed by atoms with E-state index in [9.17, 15) is 9.59 Å². The Hall–Kier alpha value is -3.19. The van der Waals surface area contributed by atoms with Crippen molar-refractivity contribution in [3.8, 4) is 0 Å². The van der Waals surface area contributed by atoms with Gasteiger partial charge in [0.15, 0.2) is 0 Å². The number of hydrogen-bond donors (Lipinski definition) is 2. The molecule has 0 unspecified atom stereocenters. The fraction of sp³-hybridized carbons (Fsp3) is 0.318. The lowest BCUT2D eigenvalue weighted by Gasteiger charge is -2.20. The van der Waals surface area contributed by atoms with E-state index in [0.717, 1.165) is 16.8 Å². The highest BCUT2D eigenvalue weighted by Gasteiger charge is 2.18. The van der Waals surface area contributed by atoms with E-state index in [2.05, 4.69) is 15.6 Å². The van der Waals surface area contributed by atoms with Crippen LogP contribution in [0.3, 0.4) is 0 Å². The Morgan fingerprint density at radius 2 is 1.93 bits per heavy atom. The number of amides is 2. The first-order valence-corrected chi connectivity index (χ1v) is 9.54. The molecule has 3 aromatic rings. The number of hydrogen-bond acceptors (Lipinski definition) is 4. The first-order chi connectivity index (χ1) is 13.9. The summed E-state index contributed by atoms with van der Waals surface area (Å²) in [5.41, 5.74) is 3.31. The van der Waals surface area contributed by atoms with Gasteiger partial charge in [0, 0.05) is 12.8 Å². The SMILES string of the molecule is COCCn1c([C@@H](C)NC(=O)Nc2cccc(C)c2C)nc2ccccc2c1=O. The van der Waals surface area contributed by atoms with Crippen LogP contribution in [0, 0.1) is 13.8 Å². The van der Waals surface area contributed by atoms with E-state index in [0.29, 0.717) is 29.9 Å². The zero-order chi connectivity index (χ0) is 21.0. The molecule has 0 spiro atoms. The van der Waals surface area contributed by atoms with Crippen molar-refractivity contribution < 1.29 is 9.53 Å². The molecular formula is C22H26N4O3. The van der Waals surface area contributed by atoms with E-state index in [1.807, 2.05) is 51.1 Å². The van der Waals surface area contributed by atoms with E-state index in [1.165, 1.54) is 0 Å². The number of methoxy groups -OCH3 is 1. The molecule has 3 rings (SSSR count). The molecular weight excluding hydrogens is 368 g/mol. The molecule has 29 heavy (non-hydrogen) atoms. The van der Waals surface area contributed by atoms with Crippen LogP contribution in [0.4, 0.5) is 10.5 Å². The topological polar surface area (TPSA) is 85.2 Å². The van der Waals surface area contributed by atoms with Crippen molar-refractivity contribution >= 4 is 22.6 Å². The van der Waals surface area contributed by atoms with Gasteiger partial charge in [0.1, 0.15) is 5.82 Å². The largest absolute Gasteiger partial charge is 0.383 e. The normalized spacial score (nSPS) is 12.0. The first-order valence-electron chi connectivity index (χ1n) is 9.54. The Morgan fingerprint density at radius 1 is 1.17 bits per heavy atom. The van der Waals surface area contributed by atoms with Gasteiger partial charge >= 0.3 is 6.03 Å². The molecule has 1 heterocycles. The molecule has 0 aliphatic carbocycles. The summed E-state index contributed by atoms with van der Waals surface area (Å²) < 4.78 is 6.71. The maximum Gasteiger partial charge on any atom is 0.319 e. The Bertz CT molecular complexity index is 1090. The highest BCUT2D eigenvalue weighted by molar-refractivity contribution is 5.90. The lowest BCUT2D eigenvalue weighted by atomic mass is 10.1. The first kappa shape index (κ1) is 20.5. The number of rotatable bonds is 6. The van der Waals surface area contributed by atoms with Gasteiger partial charge < -0.3 is 15.4 Å². The molecule has 1 atom stereocenters. The molecule has 0 saturated carbocycles. The Kier molecular flexibility index (Phi) is 6.29. The van der Waals surface area contributed by atoms with Crippen LogP contribution in [0.5, 0.6) is 0 Å². The average Bonchev–Trinajstić information content (AvgIpc) is 2.70. The predicted molar refractivity (Wildman–Crippen MR) is 114 cm³/mol. The highest BCUT2D eigenvalue weighted by Crippen LogP contribution is 2.19. The molecule has 2 aromatic carbocycles. The molecule has 2 amide bonds. The second kappa shape index (κ2) is 8.87. The minimum absolute atomic E-state index is 0.147. The van der Waals surface area contributed by atoms with E-state index < -0.39 is 6.04 Å². The number of urea groups is 1. The van der Waals surface area contributed by atoms with Gasteiger partial charge in [-0.1, -0.05) is 24.3 Å². The Balaban J connectivity index is 1.89. The van der Waals surface area contributed by atoms with Gasteiger partial charge in [0.25, 0.3) is 5.56 Å². The summed E-state index contributed by atoms with van der Waals surface area (Å²) >= 11 is 0. The number of nitrogens with one attached hydrogen (secondary N) is 2. The van der Waals surface area contributed by atoms with Crippen molar-refractivity contribution in [3.63, 3.8) is 0 Å². The van der Waals surface area contributed by atoms with Gasteiger partial charge in [-0.15, -0.1) is 0 Å². The molecule has 0 fully saturated rings. The van der Waals surface area contributed by atoms with Crippen LogP contribution in [-0.4, -0.2) is 29.3 Å². The summed E-state index contributed by atoms with van der Waals surface area (Å²) in [6.45, 7) is 6.49. The minimum Gasteiger partial charge on any atom is -0.383 e. The van der Waals surface area contributed by atoms with E-state index >= 15 is 0 Å². The lowest BCUT2D eigenvalue weighted by Crippen LogP contribution is -2.36. The fourth-order valence-corrected chi connectivity index (χ4v) is 3.22. The van der Waals surface area contributed by atoms with Crippen LogP contribution in [-0.2, 0) is 11.3 Å². The molecule has 1 aromatic heterocycles. The van der Waals surface area contributed by atoms with Crippen molar-refractivity contribution in [3.05, 3.63) is 69.8 Å². The second-order valence-electron chi connectivity index (χ2n) is 7.00. The third-order valence-electron chi connectivity index (χ3n) is 5.00. The summed E-state index contributed by atoms with van der Waals surface area (Å²) in [6.07, 6.45) is 0. The summed E-state index contributed by atoms with van der Waals surface area (Å²) in [7, 11) is 1.58. The van der Waals surface area contributed by atoms with Crippen LogP contribution in [0.15, 0.2) is 47.3 Å². The van der Waals surface area contributed by atoms with Crippen molar-refractivity contribution in [1.82, 2.24) is 14.9 Å². The minimum atomic E-state index is -0.478. The average molecular weight is 394 g/mol. The molecule has 0 aliphatic heterocycles. The van der Waals surface area contributed by atoms with Gasteiger partial charge in [-0.3, -0.25) is 9.36 Å². The lowest BCUT2D eigenvalue weighted by molar-refractivity contribution is 0.184. The number of fused-ring (bicyclic) bond motifs is 1. The van der Waals surface area contributed by atoms with Crippen LogP contribution >= 0.6 is 0 Å². The van der Waals surface area contributed by atoms with Gasteiger partial charge in [-0.05, 0) is 50.1 Å². The van der Waals surface area contributed by atoms with E-state index in [4.69, 9.17) is 4.74 Å². The van der Waals surface area contributed by atoms with Gasteiger partial charge in [-0.2, -0.15) is 0 Å². The number of aromatic nitrogens is 2. The maximum absolute atomic E-state index is 13.0. The number of carbonyl (C=O) groups excluding carboxylic acids is 1. The summed E-state index contributed by atoms with van der Waals surface area (Å²) in [6, 6.07) is 12.1. The number of nitrogens with zero attached hydrogens (tertiary/aromatic N) is 2. The summed E-state index contributed by atoms with van der Waals surface area (Å²) in [5.74, 6) is 0.488. The van der Waals surface area contributed by atoms with E-state index in [1.54, 1.807) is 23.8 Å². The van der Waals surface area contributed by atoms with Crippen molar-refractivity contribution in [2.75, 3.05) is 19.0 Å². The maximum atomic E-state index is 13.0. The molecule has 152 valence electrons. The molecule has 7 heteroatoms. The van der Waals surface area contributed by atoms with E-state index in [-0.39, 0.29) is 11.6 Å². The molecule has 0 aliphatic rings. The van der Waals surface area contributed by atoms with Gasteiger partial charge in [0.2, 0.25) is 0 Å². The van der Waals surface area contributed by atoms with Crippen LogP contribution in [0.2, 0.25) is 0 Å². The molecule has 0 radical (unpaired) electrons. The van der Waals surface area contributed by atoms with Crippen LogP contribution in [0.25, 0.3) is 10.9 Å². The Labute approximate surface area is 169 Å². The second-order valence-corrected chi connectivity index (χ2v) is 7.00.